The van der Waals surface area contributed by atoms with E-state index in [-0.39, 0.29) is 23.4 Å². The molecule has 0 bridgehead atoms. The van der Waals surface area contributed by atoms with E-state index in [1.54, 1.807) is 6.07 Å². The molecule has 6 nitrogen and oxygen atoms in total. The van der Waals surface area contributed by atoms with Gasteiger partial charge in [0.25, 0.3) is 0 Å². The van der Waals surface area contributed by atoms with Crippen molar-refractivity contribution in [1.29, 1.82) is 0 Å². The van der Waals surface area contributed by atoms with E-state index >= 15 is 0 Å². The molecule has 8 heteroatoms. The van der Waals surface area contributed by atoms with Crippen molar-refractivity contribution in [3.8, 4) is 0 Å². The summed E-state index contributed by atoms with van der Waals surface area (Å²) in [5.74, 6) is -0.0620. The lowest BCUT2D eigenvalue weighted by atomic mass is 9.95. The Balaban J connectivity index is 1.63. The van der Waals surface area contributed by atoms with Crippen molar-refractivity contribution in [2.24, 2.45) is 0 Å². The Bertz CT molecular complexity index is 766. The zero-order valence-electron chi connectivity index (χ0n) is 12.5. The van der Waals surface area contributed by atoms with E-state index < -0.39 is 10.0 Å². The summed E-state index contributed by atoms with van der Waals surface area (Å²) in [5, 5.41) is 3.90. The minimum Gasteiger partial charge on any atom is -0.368 e. The molecule has 0 atom stereocenters. The van der Waals surface area contributed by atoms with Gasteiger partial charge < -0.3 is 10.3 Å². The van der Waals surface area contributed by atoms with Crippen molar-refractivity contribution in [2.75, 3.05) is 18.8 Å². The summed E-state index contributed by atoms with van der Waals surface area (Å²) in [6, 6.07) is 7.22. The first-order chi connectivity index (χ1) is 10.9. The van der Waals surface area contributed by atoms with E-state index in [0.717, 1.165) is 5.69 Å². The van der Waals surface area contributed by atoms with Gasteiger partial charge in [-0.1, -0.05) is 17.3 Å². The highest BCUT2D eigenvalue weighted by molar-refractivity contribution is 7.88. The first kappa shape index (κ1) is 15.9. The van der Waals surface area contributed by atoms with E-state index in [2.05, 4.69) is 5.16 Å². The number of anilines is 1. The molecule has 1 fully saturated rings. The summed E-state index contributed by atoms with van der Waals surface area (Å²) < 4.78 is 44.2. The number of nitrogens with zero attached hydrogens (tertiary/aromatic N) is 2. The largest absolute Gasteiger partial charge is 0.368 e. The lowest BCUT2D eigenvalue weighted by Gasteiger charge is -2.30. The molecule has 1 aliphatic rings. The molecule has 0 saturated carbocycles. The molecule has 2 N–H and O–H groups in total. The highest BCUT2D eigenvalue weighted by atomic mass is 32.2. The second kappa shape index (κ2) is 6.29. The summed E-state index contributed by atoms with van der Waals surface area (Å²) >= 11 is 0. The molecule has 1 aromatic heterocycles. The lowest BCUT2D eigenvalue weighted by molar-refractivity contribution is 0.309. The number of nitrogens with two attached hydrogens (primary N) is 1. The fourth-order valence-electron chi connectivity index (χ4n) is 2.81. The van der Waals surface area contributed by atoms with Crippen LogP contribution < -0.4 is 5.73 Å². The Hall–Kier alpha value is -1.93. The molecule has 0 radical (unpaired) electrons. The van der Waals surface area contributed by atoms with Crippen molar-refractivity contribution in [1.82, 2.24) is 9.46 Å². The first-order valence-corrected chi connectivity index (χ1v) is 8.99. The molecule has 23 heavy (non-hydrogen) atoms. The zero-order valence-corrected chi connectivity index (χ0v) is 13.3. The topological polar surface area (TPSA) is 89.4 Å². The number of nitrogen functional groups attached to an aromatic ring is 1. The van der Waals surface area contributed by atoms with E-state index in [9.17, 15) is 12.8 Å². The van der Waals surface area contributed by atoms with Crippen LogP contribution in [0.15, 0.2) is 34.9 Å². The second-order valence-corrected chi connectivity index (χ2v) is 7.68. The molecule has 0 amide bonds. The van der Waals surface area contributed by atoms with Crippen LogP contribution in [0.2, 0.25) is 0 Å². The number of hydrogen-bond donors (Lipinski definition) is 1. The number of hydrogen-bond acceptors (Lipinski definition) is 5. The van der Waals surface area contributed by atoms with Crippen LogP contribution in [0, 0.1) is 5.82 Å². The van der Waals surface area contributed by atoms with Crippen molar-refractivity contribution < 1.29 is 17.3 Å². The molecule has 1 aliphatic heterocycles. The molecular formula is C15H18FN3O3S. The average Bonchev–Trinajstić information content (AvgIpc) is 2.96. The number of rotatable bonds is 4. The molecule has 1 aromatic carbocycles. The number of benzene rings is 1. The van der Waals surface area contributed by atoms with Crippen molar-refractivity contribution in [3.63, 3.8) is 0 Å². The van der Waals surface area contributed by atoms with Crippen LogP contribution in [0.1, 0.15) is 30.0 Å². The minimum absolute atomic E-state index is 0.116. The summed E-state index contributed by atoms with van der Waals surface area (Å²) in [4.78, 5) is 0. The monoisotopic (exact) mass is 339 g/mol. The molecule has 0 unspecified atom stereocenters. The predicted molar refractivity (Wildman–Crippen MR) is 83.5 cm³/mol. The summed E-state index contributed by atoms with van der Waals surface area (Å²) in [6.45, 7) is 0.863. The van der Waals surface area contributed by atoms with Crippen LogP contribution in [0.5, 0.6) is 0 Å². The van der Waals surface area contributed by atoms with Gasteiger partial charge >= 0.3 is 0 Å². The summed E-state index contributed by atoms with van der Waals surface area (Å²) in [5.41, 5.74) is 6.87. The van der Waals surface area contributed by atoms with Crippen molar-refractivity contribution in [3.05, 3.63) is 47.4 Å². The van der Waals surface area contributed by atoms with Gasteiger partial charge in [0, 0.05) is 25.1 Å². The third-order valence-electron chi connectivity index (χ3n) is 4.07. The summed E-state index contributed by atoms with van der Waals surface area (Å²) in [6.07, 6.45) is 1.35. The smallest absolute Gasteiger partial charge is 0.222 e. The molecule has 0 aliphatic carbocycles. The summed E-state index contributed by atoms with van der Waals surface area (Å²) in [7, 11) is -3.41. The Labute approximate surface area is 134 Å². The van der Waals surface area contributed by atoms with Crippen LogP contribution >= 0.6 is 0 Å². The van der Waals surface area contributed by atoms with Gasteiger partial charge in [0.1, 0.15) is 5.82 Å². The molecule has 2 aromatic rings. The minimum atomic E-state index is -3.41. The Morgan fingerprint density at radius 2 is 1.91 bits per heavy atom. The van der Waals surface area contributed by atoms with Crippen LogP contribution in [0.4, 0.5) is 10.3 Å². The highest BCUT2D eigenvalue weighted by Crippen LogP contribution is 2.29. The normalized spacial score (nSPS) is 17.4. The fraction of sp³-hybridized carbons (Fsp3) is 0.400. The van der Waals surface area contributed by atoms with Gasteiger partial charge in [-0.25, -0.2) is 17.1 Å². The Morgan fingerprint density at radius 1 is 1.26 bits per heavy atom. The number of piperidine rings is 1. The number of sulfonamides is 1. The SMILES string of the molecule is Nc1cc(C2CCN(S(=O)(=O)Cc3ccc(F)cc3)CC2)no1. The van der Waals surface area contributed by atoms with E-state index in [1.165, 1.54) is 28.6 Å². The fourth-order valence-corrected chi connectivity index (χ4v) is 4.37. The maximum atomic E-state index is 12.9. The number of aromatic nitrogens is 1. The lowest BCUT2D eigenvalue weighted by Crippen LogP contribution is -2.38. The van der Waals surface area contributed by atoms with E-state index in [1.807, 2.05) is 0 Å². The maximum Gasteiger partial charge on any atom is 0.222 e. The van der Waals surface area contributed by atoms with Gasteiger partial charge in [-0.3, -0.25) is 0 Å². The average molecular weight is 339 g/mol. The third kappa shape index (κ3) is 3.70. The quantitative estimate of drug-likeness (QED) is 0.921. The molecule has 2 heterocycles. The predicted octanol–water partition coefficient (Wildman–Crippen LogP) is 2.11. The first-order valence-electron chi connectivity index (χ1n) is 7.38. The van der Waals surface area contributed by atoms with Crippen LogP contribution in [-0.2, 0) is 15.8 Å². The zero-order chi connectivity index (χ0) is 16.4. The second-order valence-electron chi connectivity index (χ2n) is 5.71. The van der Waals surface area contributed by atoms with Crippen molar-refractivity contribution >= 4 is 15.9 Å². The van der Waals surface area contributed by atoms with Crippen LogP contribution in [0.25, 0.3) is 0 Å². The molecule has 3 rings (SSSR count). The van der Waals surface area contributed by atoms with E-state index in [0.29, 0.717) is 31.5 Å². The van der Waals surface area contributed by atoms with Gasteiger partial charge in [0.15, 0.2) is 0 Å². The molecule has 124 valence electrons. The van der Waals surface area contributed by atoms with Gasteiger partial charge in [0.05, 0.1) is 11.4 Å². The molecule has 0 spiro atoms. The molecular weight excluding hydrogens is 321 g/mol. The Kier molecular flexibility index (Phi) is 4.36. The van der Waals surface area contributed by atoms with Gasteiger partial charge in [-0.15, -0.1) is 0 Å². The molecule has 1 saturated heterocycles. The standard InChI is InChI=1S/C15H18FN3O3S/c16-13-3-1-11(2-4-13)10-23(20,21)19-7-5-12(6-8-19)14-9-15(17)22-18-14/h1-4,9,12H,5-8,10,17H2. The van der Waals surface area contributed by atoms with Gasteiger partial charge in [-0.2, -0.15) is 0 Å². The van der Waals surface area contributed by atoms with Gasteiger partial charge in [-0.05, 0) is 30.5 Å². The van der Waals surface area contributed by atoms with Crippen molar-refractivity contribution in [2.45, 2.75) is 24.5 Å². The Morgan fingerprint density at radius 3 is 2.48 bits per heavy atom. The van der Waals surface area contributed by atoms with Crippen LogP contribution in [0.3, 0.4) is 0 Å². The highest BCUT2D eigenvalue weighted by Gasteiger charge is 2.30. The number of halogens is 1. The van der Waals surface area contributed by atoms with E-state index in [4.69, 9.17) is 10.3 Å². The third-order valence-corrected chi connectivity index (χ3v) is 5.92. The maximum absolute atomic E-state index is 12.9. The van der Waals surface area contributed by atoms with Gasteiger partial charge in [0.2, 0.25) is 15.9 Å². The van der Waals surface area contributed by atoms with Crippen LogP contribution in [-0.4, -0.2) is 31.0 Å².